The van der Waals surface area contributed by atoms with Crippen molar-refractivity contribution in [2.24, 2.45) is 5.41 Å². The minimum absolute atomic E-state index is 0. The third kappa shape index (κ3) is 10.1. The van der Waals surface area contributed by atoms with E-state index in [2.05, 4.69) is 18.7 Å². The number of unbranched alkanes of at least 4 members (excludes halogenated alkanes) is 2. The van der Waals surface area contributed by atoms with Crippen LogP contribution in [0.4, 0.5) is 0 Å². The number of rotatable bonds is 12. The van der Waals surface area contributed by atoms with E-state index in [1.807, 2.05) is 13.8 Å². The van der Waals surface area contributed by atoms with Crippen molar-refractivity contribution in [3.63, 3.8) is 0 Å². The van der Waals surface area contributed by atoms with Gasteiger partial charge in [-0.25, -0.2) is 0 Å². The molecular weight excluding hydrogens is 540 g/mol. The molecule has 0 unspecified atom stereocenters. The van der Waals surface area contributed by atoms with Gasteiger partial charge in [-0.2, -0.15) is 0 Å². The molecule has 5 heteroatoms. The van der Waals surface area contributed by atoms with Crippen LogP contribution in [0.25, 0.3) is 0 Å². The van der Waals surface area contributed by atoms with E-state index in [0.717, 1.165) is 32.7 Å². The molecular formula is C20H41NO3U. The summed E-state index contributed by atoms with van der Waals surface area (Å²) in [4.78, 5) is 2.60. The van der Waals surface area contributed by atoms with E-state index >= 15 is 0 Å². The topological polar surface area (TPSA) is 30.9 Å². The summed E-state index contributed by atoms with van der Waals surface area (Å²) < 4.78 is 16.5. The van der Waals surface area contributed by atoms with Crippen LogP contribution in [0.2, 0.25) is 0 Å². The van der Waals surface area contributed by atoms with Crippen LogP contribution in [0.15, 0.2) is 0 Å². The van der Waals surface area contributed by atoms with Crippen LogP contribution in [0, 0.1) is 36.5 Å². The Balaban J connectivity index is 0.00000185. The van der Waals surface area contributed by atoms with E-state index in [0.29, 0.717) is 17.6 Å². The summed E-state index contributed by atoms with van der Waals surface area (Å²) in [5.74, 6) is 0. The van der Waals surface area contributed by atoms with Crippen LogP contribution in [-0.4, -0.2) is 63.7 Å². The van der Waals surface area contributed by atoms with Gasteiger partial charge in [0, 0.05) is 76.5 Å². The van der Waals surface area contributed by atoms with Crippen molar-refractivity contribution in [3.05, 3.63) is 0 Å². The maximum absolute atomic E-state index is 5.87. The number of hydrogen-bond donors (Lipinski definition) is 0. The van der Waals surface area contributed by atoms with Gasteiger partial charge < -0.3 is 19.1 Å². The second kappa shape index (κ2) is 14.9. The SMILES string of the molecule is CC.COCCCCOCCCCN1CC2(CC(OC(C)C)C2)C1.[U]. The molecule has 2 fully saturated rings. The van der Waals surface area contributed by atoms with E-state index in [9.17, 15) is 0 Å². The smallest absolute Gasteiger partial charge is 0.0591 e. The van der Waals surface area contributed by atoms with E-state index < -0.39 is 0 Å². The second-order valence-corrected chi connectivity index (χ2v) is 7.45. The van der Waals surface area contributed by atoms with Gasteiger partial charge in [0.1, 0.15) is 0 Å². The van der Waals surface area contributed by atoms with Gasteiger partial charge >= 0.3 is 0 Å². The van der Waals surface area contributed by atoms with Crippen LogP contribution < -0.4 is 0 Å². The van der Waals surface area contributed by atoms with Gasteiger partial charge in [-0.1, -0.05) is 13.8 Å². The minimum atomic E-state index is 0. The fourth-order valence-corrected chi connectivity index (χ4v) is 3.80. The van der Waals surface area contributed by atoms with Crippen molar-refractivity contribution in [1.82, 2.24) is 4.90 Å². The first kappa shape index (κ1) is 25.9. The third-order valence-corrected chi connectivity index (χ3v) is 4.80. The molecule has 2 aliphatic rings. The molecule has 0 atom stereocenters. The standard InChI is InChI=1S/C18H35NO3.C2H6.U/c1-16(2)22-17-12-18(13-17)14-19(15-18)8-4-5-10-21-11-7-6-9-20-3;1-2;/h16-17H,4-15H2,1-3H3;1-2H3;. The van der Waals surface area contributed by atoms with Gasteiger partial charge in [0.05, 0.1) is 12.2 Å². The number of nitrogens with zero attached hydrogens (tertiary/aromatic N) is 1. The van der Waals surface area contributed by atoms with Crippen molar-refractivity contribution in [2.45, 2.75) is 78.4 Å². The first-order valence-corrected chi connectivity index (χ1v) is 10.1. The Hall–Kier alpha value is 0.892. The van der Waals surface area contributed by atoms with E-state index in [-0.39, 0.29) is 31.1 Å². The van der Waals surface area contributed by atoms with Crippen LogP contribution >= 0.6 is 0 Å². The molecule has 0 radical (unpaired) electrons. The van der Waals surface area contributed by atoms with Crippen molar-refractivity contribution >= 4 is 0 Å². The molecule has 0 aromatic rings. The second-order valence-electron chi connectivity index (χ2n) is 7.45. The van der Waals surface area contributed by atoms with Crippen molar-refractivity contribution in [1.29, 1.82) is 0 Å². The average Bonchev–Trinajstić information content (AvgIpc) is 2.50. The molecule has 1 aliphatic heterocycles. The van der Waals surface area contributed by atoms with Crippen LogP contribution in [-0.2, 0) is 14.2 Å². The maximum Gasteiger partial charge on any atom is 0.0591 e. The molecule has 1 aliphatic carbocycles. The first-order chi connectivity index (χ1) is 11.6. The Morgan fingerprint density at radius 3 is 2.08 bits per heavy atom. The first-order valence-electron chi connectivity index (χ1n) is 10.1. The number of ether oxygens (including phenoxy) is 3. The van der Waals surface area contributed by atoms with Crippen molar-refractivity contribution in [3.8, 4) is 0 Å². The molecule has 0 aromatic carbocycles. The van der Waals surface area contributed by atoms with Gasteiger partial charge in [-0.15, -0.1) is 0 Å². The van der Waals surface area contributed by atoms with Gasteiger partial charge in [0.25, 0.3) is 0 Å². The molecule has 25 heavy (non-hydrogen) atoms. The van der Waals surface area contributed by atoms with Gasteiger partial charge in [0.2, 0.25) is 0 Å². The molecule has 1 saturated heterocycles. The summed E-state index contributed by atoms with van der Waals surface area (Å²) in [7, 11) is 1.75. The average molecular weight is 582 g/mol. The van der Waals surface area contributed by atoms with Gasteiger partial charge in [0.15, 0.2) is 0 Å². The number of hydrogen-bond acceptors (Lipinski definition) is 4. The summed E-state index contributed by atoms with van der Waals surface area (Å²) in [6, 6.07) is 0. The monoisotopic (exact) mass is 581 g/mol. The fourth-order valence-electron chi connectivity index (χ4n) is 3.80. The summed E-state index contributed by atoms with van der Waals surface area (Å²) in [6.07, 6.45) is 8.16. The predicted molar refractivity (Wildman–Crippen MR) is 101 cm³/mol. The third-order valence-electron chi connectivity index (χ3n) is 4.80. The Kier molecular flexibility index (Phi) is 15.4. The van der Waals surface area contributed by atoms with Gasteiger partial charge in [-0.3, -0.25) is 0 Å². The van der Waals surface area contributed by atoms with Crippen LogP contribution in [0.1, 0.15) is 66.2 Å². The van der Waals surface area contributed by atoms with Crippen LogP contribution in [0.5, 0.6) is 0 Å². The molecule has 0 N–H and O–H groups in total. The molecule has 2 rings (SSSR count). The minimum Gasteiger partial charge on any atom is -0.385 e. The Morgan fingerprint density at radius 2 is 1.52 bits per heavy atom. The van der Waals surface area contributed by atoms with Crippen molar-refractivity contribution < 1.29 is 45.3 Å². The van der Waals surface area contributed by atoms with E-state index in [1.165, 1.54) is 45.3 Å². The fraction of sp³-hybridized carbons (Fsp3) is 1.00. The normalized spacial score (nSPS) is 19.0. The van der Waals surface area contributed by atoms with Crippen molar-refractivity contribution in [2.75, 3.05) is 46.6 Å². The summed E-state index contributed by atoms with van der Waals surface area (Å²) >= 11 is 0. The zero-order valence-corrected chi connectivity index (χ0v) is 21.5. The predicted octanol–water partition coefficient (Wildman–Crippen LogP) is 4.13. The zero-order valence-electron chi connectivity index (χ0n) is 17.3. The van der Waals surface area contributed by atoms with Gasteiger partial charge in [-0.05, 0) is 58.9 Å². The molecule has 1 saturated carbocycles. The maximum atomic E-state index is 5.87. The Labute approximate surface area is 180 Å². The molecule has 0 bridgehead atoms. The largest absolute Gasteiger partial charge is 0.385 e. The summed E-state index contributed by atoms with van der Waals surface area (Å²) in [5, 5.41) is 0. The van der Waals surface area contributed by atoms with E-state index in [4.69, 9.17) is 14.2 Å². The molecule has 1 spiro atoms. The zero-order chi connectivity index (χ0) is 17.8. The Morgan fingerprint density at radius 1 is 0.960 bits per heavy atom. The molecule has 0 aromatic heterocycles. The number of likely N-dealkylation sites (tertiary alicyclic amines) is 1. The summed E-state index contributed by atoms with van der Waals surface area (Å²) in [6.45, 7) is 14.7. The van der Waals surface area contributed by atoms with E-state index in [1.54, 1.807) is 7.11 Å². The number of methoxy groups -OCH3 is 1. The molecule has 148 valence electrons. The Bertz CT molecular complexity index is 301. The summed E-state index contributed by atoms with van der Waals surface area (Å²) in [5.41, 5.74) is 0.622. The van der Waals surface area contributed by atoms with Crippen LogP contribution in [0.3, 0.4) is 0 Å². The molecule has 1 heterocycles. The molecule has 0 amide bonds. The quantitative estimate of drug-likeness (QED) is 0.325. The molecule has 4 nitrogen and oxygen atoms in total.